The maximum atomic E-state index is 13.8. The first kappa shape index (κ1) is 35.9. The monoisotopic (exact) mass is 688 g/mol. The van der Waals surface area contributed by atoms with Gasteiger partial charge in [0.2, 0.25) is 11.8 Å². The molecule has 1 aliphatic rings. The minimum Gasteiger partial charge on any atom is -0.480 e. The number of alkyl halides is 2. The number of nitrogens with zero attached hydrogens (tertiary/aromatic N) is 4. The van der Waals surface area contributed by atoms with Gasteiger partial charge in [0.25, 0.3) is 11.6 Å². The number of amides is 2. The van der Waals surface area contributed by atoms with E-state index in [2.05, 4.69) is 27.2 Å². The van der Waals surface area contributed by atoms with Gasteiger partial charge >= 0.3 is 12.1 Å². The van der Waals surface area contributed by atoms with Crippen molar-refractivity contribution in [2.75, 3.05) is 17.3 Å². The highest BCUT2D eigenvalue weighted by Crippen LogP contribution is 2.41. The van der Waals surface area contributed by atoms with Crippen LogP contribution >= 0.6 is 23.2 Å². The predicted molar refractivity (Wildman–Crippen MR) is 180 cm³/mol. The third-order valence-electron chi connectivity index (χ3n) is 8.43. The van der Waals surface area contributed by atoms with Gasteiger partial charge in [-0.25, -0.2) is 18.9 Å². The largest absolute Gasteiger partial charge is 0.480 e. The standard InChI is InChI=1S/C33H42Cl2N6O6/c1-8-9-10-24(45-23-12-11-18(2)13-20(23)4)29(42)38-32-37-28-25(31(43)46-27-21(5)14-19(3)15-22(27)6)26(36-7)30(41(28)39-32)47-33(44)40(16-34)17-35/h11-13,19,21-22,24,27H,8-10,14-17H2,1-6H3,(H2,37,38,39,42). The maximum absolute atomic E-state index is 13.8. The summed E-state index contributed by atoms with van der Waals surface area (Å²) in [5.41, 5.74) is 1.42. The smallest absolute Gasteiger partial charge is 0.417 e. The average molecular weight is 690 g/mol. The van der Waals surface area contributed by atoms with Crippen LogP contribution in [0.4, 0.5) is 16.4 Å². The van der Waals surface area contributed by atoms with Crippen LogP contribution in [0, 0.1) is 38.2 Å². The molecular formula is C33H42Cl2N6O6. The van der Waals surface area contributed by atoms with Crippen LogP contribution in [0.2, 0.25) is 0 Å². The minimum atomic E-state index is -0.954. The van der Waals surface area contributed by atoms with Gasteiger partial charge in [0.15, 0.2) is 11.8 Å². The molecule has 1 saturated carbocycles. The summed E-state index contributed by atoms with van der Waals surface area (Å²) in [4.78, 5) is 49.2. The van der Waals surface area contributed by atoms with E-state index in [0.717, 1.165) is 46.2 Å². The lowest BCUT2D eigenvalue weighted by Gasteiger charge is -2.37. The highest BCUT2D eigenvalue weighted by Gasteiger charge is 2.38. The Kier molecular flexibility index (Phi) is 12.0. The molecule has 2 heterocycles. The highest BCUT2D eigenvalue weighted by molar-refractivity contribution is 6.21. The summed E-state index contributed by atoms with van der Waals surface area (Å²) in [7, 11) is 0. The fraction of sp³-hybridized carbons (Fsp3) is 0.545. The van der Waals surface area contributed by atoms with Gasteiger partial charge in [-0.2, -0.15) is 4.98 Å². The Morgan fingerprint density at radius 1 is 1.17 bits per heavy atom. The maximum Gasteiger partial charge on any atom is 0.417 e. The molecule has 3 aromatic rings. The van der Waals surface area contributed by atoms with Crippen molar-refractivity contribution >= 4 is 58.5 Å². The van der Waals surface area contributed by atoms with E-state index in [1.165, 1.54) is 0 Å². The number of fused-ring (bicyclic) bond motifs is 1. The number of benzene rings is 1. The number of ether oxygens (including phenoxy) is 3. The summed E-state index contributed by atoms with van der Waals surface area (Å²) >= 11 is 11.7. The van der Waals surface area contributed by atoms with Gasteiger partial charge in [0.1, 0.15) is 29.4 Å². The lowest BCUT2D eigenvalue weighted by molar-refractivity contribution is -0.123. The van der Waals surface area contributed by atoms with Crippen molar-refractivity contribution in [2.24, 2.45) is 17.8 Å². The van der Waals surface area contributed by atoms with E-state index in [1.807, 2.05) is 52.8 Å². The normalized spacial score (nSPS) is 19.9. The first-order valence-electron chi connectivity index (χ1n) is 15.8. The van der Waals surface area contributed by atoms with E-state index in [0.29, 0.717) is 18.1 Å². The van der Waals surface area contributed by atoms with Crippen LogP contribution < -0.4 is 14.8 Å². The van der Waals surface area contributed by atoms with Crippen molar-refractivity contribution in [1.29, 1.82) is 0 Å². The first-order chi connectivity index (χ1) is 22.4. The van der Waals surface area contributed by atoms with Crippen molar-refractivity contribution in [3.63, 3.8) is 0 Å². The highest BCUT2D eigenvalue weighted by atomic mass is 35.5. The van der Waals surface area contributed by atoms with Gasteiger partial charge in [-0.05, 0) is 68.9 Å². The zero-order chi connectivity index (χ0) is 34.4. The summed E-state index contributed by atoms with van der Waals surface area (Å²) in [5, 5.41) is 5.58. The number of H-pyrrole nitrogens is 1. The zero-order valence-electron chi connectivity index (χ0n) is 27.6. The van der Waals surface area contributed by atoms with E-state index in [-0.39, 0.29) is 58.7 Å². The summed E-state index contributed by atoms with van der Waals surface area (Å²) in [6.07, 6.45) is 1.62. The molecule has 1 fully saturated rings. The molecule has 47 heavy (non-hydrogen) atoms. The Morgan fingerprint density at radius 3 is 2.45 bits per heavy atom. The third-order valence-corrected chi connectivity index (χ3v) is 9.00. The Labute approximate surface area is 284 Å². The lowest BCUT2D eigenvalue weighted by atomic mass is 9.75. The summed E-state index contributed by atoms with van der Waals surface area (Å²) in [5.74, 6) is -0.379. The fourth-order valence-corrected chi connectivity index (χ4v) is 6.67. The number of hydrogen-bond acceptors (Lipinski definition) is 7. The minimum absolute atomic E-state index is 0.0571. The molecule has 1 aliphatic carbocycles. The molecule has 0 spiro atoms. The van der Waals surface area contributed by atoms with Gasteiger partial charge in [0.05, 0.1) is 6.57 Å². The molecule has 0 aliphatic heterocycles. The predicted octanol–water partition coefficient (Wildman–Crippen LogP) is 7.83. The van der Waals surface area contributed by atoms with E-state index in [1.54, 1.807) is 0 Å². The number of halogens is 2. The first-order valence-corrected chi connectivity index (χ1v) is 16.8. The van der Waals surface area contributed by atoms with Crippen LogP contribution in [0.3, 0.4) is 0 Å². The number of aromatic amines is 1. The third kappa shape index (κ3) is 8.14. The molecule has 14 heteroatoms. The molecule has 0 radical (unpaired) electrons. The quantitative estimate of drug-likeness (QED) is 0.0858. The van der Waals surface area contributed by atoms with Crippen molar-refractivity contribution in [3.05, 3.63) is 46.3 Å². The topological polar surface area (TPSA) is 132 Å². The molecule has 3 unspecified atom stereocenters. The average Bonchev–Trinajstić information content (AvgIpc) is 3.54. The van der Waals surface area contributed by atoms with E-state index < -0.39 is 24.1 Å². The van der Waals surface area contributed by atoms with Crippen LogP contribution in [0.5, 0.6) is 11.6 Å². The molecule has 2 amide bonds. The second-order valence-electron chi connectivity index (χ2n) is 12.4. The van der Waals surface area contributed by atoms with Crippen LogP contribution in [0.15, 0.2) is 18.2 Å². The number of carbonyl (C=O) groups is 3. The number of hydrogen-bond donors (Lipinski definition) is 2. The van der Waals surface area contributed by atoms with Crippen LogP contribution in [-0.4, -0.2) is 61.7 Å². The molecule has 12 nitrogen and oxygen atoms in total. The van der Waals surface area contributed by atoms with Crippen molar-refractivity contribution < 1.29 is 28.6 Å². The number of unbranched alkanes of at least 4 members (excludes halogenated alkanes) is 1. The van der Waals surface area contributed by atoms with E-state index >= 15 is 0 Å². The molecule has 4 rings (SSSR count). The molecule has 1 aromatic carbocycles. The Hall–Kier alpha value is -3.95. The Balaban J connectivity index is 1.71. The molecule has 2 aromatic heterocycles. The fourth-order valence-electron chi connectivity index (χ4n) is 6.22. The second-order valence-corrected chi connectivity index (χ2v) is 12.9. The van der Waals surface area contributed by atoms with Crippen LogP contribution in [0.1, 0.15) is 81.3 Å². The van der Waals surface area contributed by atoms with Gasteiger partial charge in [-0.1, -0.05) is 51.8 Å². The van der Waals surface area contributed by atoms with Gasteiger partial charge < -0.3 is 14.2 Å². The van der Waals surface area contributed by atoms with Gasteiger partial charge in [0, 0.05) is 0 Å². The summed E-state index contributed by atoms with van der Waals surface area (Å²) < 4.78 is 18.9. The van der Waals surface area contributed by atoms with E-state index in [9.17, 15) is 14.4 Å². The van der Waals surface area contributed by atoms with Crippen molar-refractivity contribution in [2.45, 2.75) is 85.9 Å². The SMILES string of the molecule is [C-]#[N+]c1c(C(=O)OC2C(C)CC(C)CC2C)c2nc(NC(=O)C(CCCC)Oc3ccc(C)cc3C)[nH]n2c1OC(=O)N(CCl)CCl. The number of nitrogens with one attached hydrogen (secondary N) is 2. The molecule has 0 bridgehead atoms. The molecule has 3 atom stereocenters. The van der Waals surface area contributed by atoms with Gasteiger partial charge in [-0.3, -0.25) is 20.1 Å². The lowest BCUT2D eigenvalue weighted by Crippen LogP contribution is -2.37. The van der Waals surface area contributed by atoms with Gasteiger partial charge in [-0.15, -0.1) is 23.2 Å². The number of carbonyl (C=O) groups excluding carboxylic acids is 3. The number of esters is 1. The summed E-state index contributed by atoms with van der Waals surface area (Å²) in [6, 6.07) is 5.16. The Bertz CT molecular complexity index is 1630. The van der Waals surface area contributed by atoms with E-state index in [4.69, 9.17) is 44.0 Å². The van der Waals surface area contributed by atoms with Crippen molar-refractivity contribution in [1.82, 2.24) is 19.5 Å². The molecule has 0 saturated heterocycles. The molecule has 2 N–H and O–H groups in total. The molecule has 254 valence electrons. The second kappa shape index (κ2) is 15.8. The number of anilines is 1. The van der Waals surface area contributed by atoms with Crippen LogP contribution in [-0.2, 0) is 9.53 Å². The van der Waals surface area contributed by atoms with Crippen molar-refractivity contribution in [3.8, 4) is 11.6 Å². The van der Waals surface area contributed by atoms with Crippen LogP contribution in [0.25, 0.3) is 10.5 Å². The number of aromatic nitrogens is 3. The molecular weight excluding hydrogens is 647 g/mol. The Morgan fingerprint density at radius 2 is 1.85 bits per heavy atom. The zero-order valence-corrected chi connectivity index (χ0v) is 29.1. The number of rotatable bonds is 12. The number of aryl methyl sites for hydroxylation is 2. The summed E-state index contributed by atoms with van der Waals surface area (Å²) in [6.45, 7) is 20.1.